The summed E-state index contributed by atoms with van der Waals surface area (Å²) in [6.45, 7) is 4.45. The van der Waals surface area contributed by atoms with Crippen LogP contribution >= 0.6 is 0 Å². The van der Waals surface area contributed by atoms with Crippen LogP contribution in [0.5, 0.6) is 0 Å². The lowest BCUT2D eigenvalue weighted by atomic mass is 10.2. The lowest BCUT2D eigenvalue weighted by molar-refractivity contribution is 0.128. The van der Waals surface area contributed by atoms with Gasteiger partial charge in [-0.2, -0.15) is 0 Å². The normalized spacial score (nSPS) is 15.9. The Balaban J connectivity index is 3.64. The van der Waals surface area contributed by atoms with Crippen molar-refractivity contribution in [1.29, 1.82) is 0 Å². The SMILES string of the molecule is COCCC(C)N(C)CC(N)COC. The van der Waals surface area contributed by atoms with E-state index < -0.39 is 0 Å². The zero-order valence-corrected chi connectivity index (χ0v) is 9.82. The van der Waals surface area contributed by atoms with Gasteiger partial charge in [0.05, 0.1) is 6.61 Å². The van der Waals surface area contributed by atoms with Crippen LogP contribution in [0.1, 0.15) is 13.3 Å². The summed E-state index contributed by atoms with van der Waals surface area (Å²) in [6, 6.07) is 0.591. The topological polar surface area (TPSA) is 47.7 Å². The van der Waals surface area contributed by atoms with Gasteiger partial charge in [-0.3, -0.25) is 0 Å². The van der Waals surface area contributed by atoms with Gasteiger partial charge in [-0.1, -0.05) is 0 Å². The molecule has 0 aliphatic carbocycles. The van der Waals surface area contributed by atoms with Crippen molar-refractivity contribution in [2.24, 2.45) is 5.73 Å². The smallest absolute Gasteiger partial charge is 0.0626 e. The molecule has 14 heavy (non-hydrogen) atoms. The monoisotopic (exact) mass is 204 g/mol. The molecule has 2 unspecified atom stereocenters. The predicted molar refractivity (Wildman–Crippen MR) is 58.4 cm³/mol. The third-order valence-corrected chi connectivity index (χ3v) is 2.40. The summed E-state index contributed by atoms with van der Waals surface area (Å²) in [7, 11) is 5.48. The maximum Gasteiger partial charge on any atom is 0.0626 e. The molecule has 0 aromatic heterocycles. The van der Waals surface area contributed by atoms with Crippen LogP contribution in [0.4, 0.5) is 0 Å². The number of hydrogen-bond acceptors (Lipinski definition) is 4. The zero-order valence-electron chi connectivity index (χ0n) is 9.82. The number of nitrogens with two attached hydrogens (primary N) is 1. The molecule has 2 N–H and O–H groups in total. The minimum Gasteiger partial charge on any atom is -0.385 e. The van der Waals surface area contributed by atoms with Crippen molar-refractivity contribution in [1.82, 2.24) is 4.90 Å². The maximum atomic E-state index is 5.85. The van der Waals surface area contributed by atoms with Gasteiger partial charge in [0.15, 0.2) is 0 Å². The van der Waals surface area contributed by atoms with Crippen molar-refractivity contribution < 1.29 is 9.47 Å². The lowest BCUT2D eigenvalue weighted by Gasteiger charge is -2.27. The van der Waals surface area contributed by atoms with Crippen LogP contribution in [-0.2, 0) is 9.47 Å². The highest BCUT2D eigenvalue weighted by Gasteiger charge is 2.12. The lowest BCUT2D eigenvalue weighted by Crippen LogP contribution is -2.42. The first-order chi connectivity index (χ1) is 6.61. The van der Waals surface area contributed by atoms with E-state index in [9.17, 15) is 0 Å². The van der Waals surface area contributed by atoms with Gasteiger partial charge in [-0.25, -0.2) is 0 Å². The molecule has 0 heterocycles. The molecule has 0 bridgehead atoms. The molecule has 0 saturated carbocycles. The second-order valence-electron chi connectivity index (χ2n) is 3.79. The molecule has 4 heteroatoms. The minimum atomic E-state index is 0.0926. The van der Waals surface area contributed by atoms with E-state index in [0.29, 0.717) is 12.6 Å². The summed E-state index contributed by atoms with van der Waals surface area (Å²) < 4.78 is 10.0. The third kappa shape index (κ3) is 6.32. The van der Waals surface area contributed by atoms with Crippen LogP contribution in [0.3, 0.4) is 0 Å². The van der Waals surface area contributed by atoms with E-state index in [0.717, 1.165) is 19.6 Å². The van der Waals surface area contributed by atoms with Gasteiger partial charge >= 0.3 is 0 Å². The van der Waals surface area contributed by atoms with Gasteiger partial charge in [-0.15, -0.1) is 0 Å². The Hall–Kier alpha value is -0.160. The Bertz CT molecular complexity index is 133. The van der Waals surface area contributed by atoms with Crippen LogP contribution in [-0.4, -0.2) is 58.0 Å². The summed E-state index contributed by atoms with van der Waals surface area (Å²) in [6.07, 6.45) is 1.03. The standard InChI is InChI=1S/C10H24N2O2/c1-9(5-6-13-3)12(2)7-10(11)8-14-4/h9-10H,5-8,11H2,1-4H3. The molecule has 0 aliphatic rings. The predicted octanol–water partition coefficient (Wildman–Crippen LogP) is 0.317. The van der Waals surface area contributed by atoms with Crippen molar-refractivity contribution in [3.8, 4) is 0 Å². The third-order valence-electron chi connectivity index (χ3n) is 2.40. The van der Waals surface area contributed by atoms with Gasteiger partial charge in [0.2, 0.25) is 0 Å². The van der Waals surface area contributed by atoms with Crippen molar-refractivity contribution in [2.45, 2.75) is 25.4 Å². The van der Waals surface area contributed by atoms with Crippen molar-refractivity contribution in [3.05, 3.63) is 0 Å². The molecule has 0 spiro atoms. The number of ether oxygens (including phenoxy) is 2. The second-order valence-corrected chi connectivity index (χ2v) is 3.79. The average Bonchev–Trinajstić information content (AvgIpc) is 2.14. The fourth-order valence-corrected chi connectivity index (χ4v) is 1.33. The van der Waals surface area contributed by atoms with Crippen LogP contribution < -0.4 is 5.73 Å². The van der Waals surface area contributed by atoms with E-state index >= 15 is 0 Å². The Morgan fingerprint density at radius 3 is 2.43 bits per heavy atom. The number of nitrogens with zero attached hydrogens (tertiary/aromatic N) is 1. The van der Waals surface area contributed by atoms with Crippen LogP contribution in [0.2, 0.25) is 0 Å². The maximum absolute atomic E-state index is 5.85. The molecule has 0 amide bonds. The first-order valence-electron chi connectivity index (χ1n) is 5.05. The minimum absolute atomic E-state index is 0.0926. The van der Waals surface area contributed by atoms with Crippen molar-refractivity contribution in [2.75, 3.05) is 41.0 Å². The van der Waals surface area contributed by atoms with E-state index in [-0.39, 0.29) is 6.04 Å². The number of hydrogen-bond donors (Lipinski definition) is 1. The highest BCUT2D eigenvalue weighted by atomic mass is 16.5. The molecule has 0 saturated heterocycles. The molecule has 0 fully saturated rings. The highest BCUT2D eigenvalue weighted by molar-refractivity contribution is 4.70. The van der Waals surface area contributed by atoms with Gasteiger partial charge in [0, 0.05) is 39.5 Å². The first-order valence-corrected chi connectivity index (χ1v) is 5.05. The molecule has 2 atom stereocenters. The first kappa shape index (κ1) is 13.8. The average molecular weight is 204 g/mol. The van der Waals surface area contributed by atoms with Crippen LogP contribution in [0.15, 0.2) is 0 Å². The Morgan fingerprint density at radius 1 is 1.29 bits per heavy atom. The van der Waals surface area contributed by atoms with Gasteiger partial charge in [0.25, 0.3) is 0 Å². The summed E-state index contributed by atoms with van der Waals surface area (Å²) in [4.78, 5) is 2.24. The molecular formula is C10H24N2O2. The Morgan fingerprint density at radius 2 is 1.93 bits per heavy atom. The van der Waals surface area contributed by atoms with Crippen molar-refractivity contribution in [3.63, 3.8) is 0 Å². The Labute approximate surface area is 87.4 Å². The van der Waals surface area contributed by atoms with Gasteiger partial charge < -0.3 is 20.1 Å². The largest absolute Gasteiger partial charge is 0.385 e. The summed E-state index contributed by atoms with van der Waals surface area (Å²) in [5.41, 5.74) is 5.85. The van der Waals surface area contributed by atoms with Crippen LogP contribution in [0, 0.1) is 0 Å². The van der Waals surface area contributed by atoms with E-state index in [1.807, 2.05) is 0 Å². The van der Waals surface area contributed by atoms with Gasteiger partial charge in [0.1, 0.15) is 0 Å². The van der Waals surface area contributed by atoms with E-state index in [1.54, 1.807) is 14.2 Å². The highest BCUT2D eigenvalue weighted by Crippen LogP contribution is 2.01. The van der Waals surface area contributed by atoms with Crippen LogP contribution in [0.25, 0.3) is 0 Å². The molecule has 86 valence electrons. The van der Waals surface area contributed by atoms with E-state index in [1.165, 1.54) is 0 Å². The molecule has 0 rings (SSSR count). The second kappa shape index (κ2) is 8.17. The van der Waals surface area contributed by atoms with Crippen molar-refractivity contribution >= 4 is 0 Å². The summed E-state index contributed by atoms with van der Waals surface area (Å²) in [5.74, 6) is 0. The molecule has 0 aliphatic heterocycles. The Kier molecular flexibility index (Phi) is 8.08. The fraction of sp³-hybridized carbons (Fsp3) is 1.00. The molecular weight excluding hydrogens is 180 g/mol. The molecule has 0 aromatic rings. The van der Waals surface area contributed by atoms with Gasteiger partial charge in [-0.05, 0) is 20.4 Å². The van der Waals surface area contributed by atoms with E-state index in [4.69, 9.17) is 15.2 Å². The number of methoxy groups -OCH3 is 2. The molecule has 4 nitrogen and oxygen atoms in total. The summed E-state index contributed by atoms with van der Waals surface area (Å²) >= 11 is 0. The quantitative estimate of drug-likeness (QED) is 0.618. The number of rotatable bonds is 8. The molecule has 0 aromatic carbocycles. The number of likely N-dealkylation sites (N-methyl/N-ethyl adjacent to an activating group) is 1. The van der Waals surface area contributed by atoms with E-state index in [2.05, 4.69) is 18.9 Å². The summed E-state index contributed by atoms with van der Waals surface area (Å²) in [5, 5.41) is 0. The zero-order chi connectivity index (χ0) is 11.0. The fourth-order valence-electron chi connectivity index (χ4n) is 1.33. The molecule has 0 radical (unpaired) electrons.